The molecule has 0 saturated carbocycles. The third-order valence-electron chi connectivity index (χ3n) is 1.19. The normalized spacial score (nSPS) is 10.6. The fourth-order valence-electron chi connectivity index (χ4n) is 0.668. The molecular weight excluding hydrogens is 145 g/mol. The zero-order valence-corrected chi connectivity index (χ0v) is 7.09. The largest absolute Gasteiger partial charge is 0.481 e. The second-order valence-electron chi connectivity index (χ2n) is 1.82. The standard InChI is InChI=1S/C7H10NOP/c1-9-6-4-3-5-7(8-6)10-2/h3-5,10H,1-2H3. The second kappa shape index (κ2) is 3.52. The van der Waals surface area contributed by atoms with E-state index < -0.39 is 0 Å². The molecule has 0 bridgehead atoms. The number of hydrogen-bond acceptors (Lipinski definition) is 2. The average Bonchev–Trinajstić information content (AvgIpc) is 2.05. The van der Waals surface area contributed by atoms with E-state index in [1.807, 2.05) is 18.2 Å². The van der Waals surface area contributed by atoms with Gasteiger partial charge in [-0.1, -0.05) is 14.6 Å². The Morgan fingerprint density at radius 2 is 2.30 bits per heavy atom. The van der Waals surface area contributed by atoms with Gasteiger partial charge in [0.15, 0.2) is 0 Å². The van der Waals surface area contributed by atoms with E-state index in [9.17, 15) is 0 Å². The maximum Gasteiger partial charge on any atom is 0.213 e. The number of aromatic nitrogens is 1. The highest BCUT2D eigenvalue weighted by Crippen LogP contribution is 2.06. The lowest BCUT2D eigenvalue weighted by atomic mass is 10.5. The van der Waals surface area contributed by atoms with Gasteiger partial charge in [0, 0.05) is 6.07 Å². The topological polar surface area (TPSA) is 22.1 Å². The lowest BCUT2D eigenvalue weighted by molar-refractivity contribution is 0.399. The van der Waals surface area contributed by atoms with E-state index in [1.165, 1.54) is 0 Å². The highest BCUT2D eigenvalue weighted by atomic mass is 31.1. The number of pyridine rings is 1. The van der Waals surface area contributed by atoms with Gasteiger partial charge in [0.1, 0.15) is 0 Å². The number of hydrogen-bond donors (Lipinski definition) is 0. The summed E-state index contributed by atoms with van der Waals surface area (Å²) < 4.78 is 4.95. The van der Waals surface area contributed by atoms with Gasteiger partial charge in [-0.25, -0.2) is 4.98 Å². The minimum atomic E-state index is 0.701. The first-order valence-electron chi connectivity index (χ1n) is 3.05. The van der Waals surface area contributed by atoms with Crippen molar-refractivity contribution < 1.29 is 4.74 Å². The molecule has 0 spiro atoms. The summed E-state index contributed by atoms with van der Waals surface area (Å²) in [4.78, 5) is 4.20. The molecule has 0 aromatic carbocycles. The Balaban J connectivity index is 2.87. The molecule has 1 rings (SSSR count). The maximum absolute atomic E-state index is 4.95. The zero-order valence-electron chi connectivity index (χ0n) is 6.09. The molecular formula is C7H10NOP. The van der Waals surface area contributed by atoms with Crippen molar-refractivity contribution in [2.24, 2.45) is 0 Å². The van der Waals surface area contributed by atoms with E-state index in [1.54, 1.807) is 7.11 Å². The van der Waals surface area contributed by atoms with Gasteiger partial charge in [0.25, 0.3) is 0 Å². The first kappa shape index (κ1) is 7.49. The number of methoxy groups -OCH3 is 1. The smallest absolute Gasteiger partial charge is 0.213 e. The summed E-state index contributed by atoms with van der Waals surface area (Å²) in [5.41, 5.74) is 1.10. The molecule has 0 fully saturated rings. The number of nitrogens with zero attached hydrogens (tertiary/aromatic N) is 1. The van der Waals surface area contributed by atoms with Crippen LogP contribution in [0.3, 0.4) is 0 Å². The third kappa shape index (κ3) is 1.68. The summed E-state index contributed by atoms with van der Waals surface area (Å²) in [6.07, 6.45) is 0. The van der Waals surface area contributed by atoms with Gasteiger partial charge >= 0.3 is 0 Å². The van der Waals surface area contributed by atoms with Gasteiger partial charge in [-0.2, -0.15) is 0 Å². The van der Waals surface area contributed by atoms with Gasteiger partial charge in [0.05, 0.1) is 12.5 Å². The van der Waals surface area contributed by atoms with Gasteiger partial charge in [0.2, 0.25) is 5.88 Å². The summed E-state index contributed by atoms with van der Waals surface area (Å²) in [6, 6.07) is 5.81. The summed E-state index contributed by atoms with van der Waals surface area (Å²) >= 11 is 0. The van der Waals surface area contributed by atoms with E-state index in [-0.39, 0.29) is 0 Å². The van der Waals surface area contributed by atoms with Gasteiger partial charge in [-0.05, 0) is 12.7 Å². The Bertz CT molecular complexity index is 195. The molecule has 2 nitrogen and oxygen atoms in total. The molecule has 0 radical (unpaired) electrons. The Kier molecular flexibility index (Phi) is 2.64. The Labute approximate surface area is 62.4 Å². The summed E-state index contributed by atoms with van der Waals surface area (Å²) in [5.74, 6) is 0.701. The van der Waals surface area contributed by atoms with Crippen LogP contribution in [0.15, 0.2) is 18.2 Å². The van der Waals surface area contributed by atoms with Crippen LogP contribution in [0, 0.1) is 0 Å². The quantitative estimate of drug-likeness (QED) is 0.595. The maximum atomic E-state index is 4.95. The SMILES string of the molecule is COc1cccc(PC)n1. The zero-order chi connectivity index (χ0) is 7.40. The third-order valence-corrected chi connectivity index (χ3v) is 1.98. The van der Waals surface area contributed by atoms with E-state index >= 15 is 0 Å². The minimum Gasteiger partial charge on any atom is -0.481 e. The molecule has 0 aliphatic heterocycles. The number of ether oxygens (including phenoxy) is 1. The van der Waals surface area contributed by atoms with Crippen LogP contribution < -0.4 is 10.2 Å². The van der Waals surface area contributed by atoms with Crippen molar-refractivity contribution in [2.45, 2.75) is 0 Å². The van der Waals surface area contributed by atoms with Crippen molar-refractivity contribution in [3.05, 3.63) is 18.2 Å². The fourth-order valence-corrected chi connectivity index (χ4v) is 1.15. The van der Waals surface area contributed by atoms with E-state index in [0.717, 1.165) is 14.0 Å². The highest BCUT2D eigenvalue weighted by molar-refractivity contribution is 7.45. The molecule has 1 unspecified atom stereocenters. The first-order valence-corrected chi connectivity index (χ1v) is 4.55. The second-order valence-corrected chi connectivity index (χ2v) is 2.83. The summed E-state index contributed by atoms with van der Waals surface area (Å²) in [5, 5.41) is 0. The molecule has 1 atom stereocenters. The molecule has 0 amide bonds. The van der Waals surface area contributed by atoms with Crippen LogP contribution in [0.1, 0.15) is 0 Å². The van der Waals surface area contributed by atoms with Crippen molar-refractivity contribution in [3.8, 4) is 5.88 Å². The van der Waals surface area contributed by atoms with Crippen molar-refractivity contribution >= 4 is 14.0 Å². The van der Waals surface area contributed by atoms with E-state index in [2.05, 4.69) is 11.6 Å². The molecule has 3 heteroatoms. The van der Waals surface area contributed by atoms with Crippen molar-refractivity contribution in [3.63, 3.8) is 0 Å². The molecule has 1 aromatic rings. The van der Waals surface area contributed by atoms with Gasteiger partial charge in [-0.3, -0.25) is 0 Å². The molecule has 0 N–H and O–H groups in total. The van der Waals surface area contributed by atoms with Crippen LogP contribution >= 0.6 is 8.58 Å². The number of rotatable bonds is 2. The van der Waals surface area contributed by atoms with Gasteiger partial charge in [-0.15, -0.1) is 0 Å². The fraction of sp³-hybridized carbons (Fsp3) is 0.286. The van der Waals surface area contributed by atoms with Crippen LogP contribution in [0.5, 0.6) is 5.88 Å². The predicted octanol–water partition coefficient (Wildman–Crippen LogP) is 1.02. The lowest BCUT2D eigenvalue weighted by Crippen LogP contribution is -2.00. The molecule has 54 valence electrons. The van der Waals surface area contributed by atoms with Crippen LogP contribution in [-0.4, -0.2) is 18.8 Å². The lowest BCUT2D eigenvalue weighted by Gasteiger charge is -1.98. The summed E-state index contributed by atoms with van der Waals surface area (Å²) in [7, 11) is 2.37. The minimum absolute atomic E-state index is 0.701. The summed E-state index contributed by atoms with van der Waals surface area (Å²) in [6.45, 7) is 2.10. The Morgan fingerprint density at radius 3 is 2.90 bits per heavy atom. The van der Waals surface area contributed by atoms with Crippen molar-refractivity contribution in [2.75, 3.05) is 13.8 Å². The molecule has 10 heavy (non-hydrogen) atoms. The monoisotopic (exact) mass is 155 g/mol. The average molecular weight is 155 g/mol. The van der Waals surface area contributed by atoms with E-state index in [4.69, 9.17) is 4.74 Å². The highest BCUT2D eigenvalue weighted by Gasteiger charge is 1.92. The van der Waals surface area contributed by atoms with Crippen LogP contribution in [0.2, 0.25) is 0 Å². The van der Waals surface area contributed by atoms with Crippen molar-refractivity contribution in [1.82, 2.24) is 4.98 Å². The molecule has 1 heterocycles. The van der Waals surface area contributed by atoms with Crippen LogP contribution in [0.4, 0.5) is 0 Å². The molecule has 0 aliphatic rings. The van der Waals surface area contributed by atoms with Crippen molar-refractivity contribution in [1.29, 1.82) is 0 Å². The van der Waals surface area contributed by atoms with Crippen LogP contribution in [0.25, 0.3) is 0 Å². The Hall–Kier alpha value is -0.620. The molecule has 0 saturated heterocycles. The molecule has 1 aromatic heterocycles. The van der Waals surface area contributed by atoms with Gasteiger partial charge < -0.3 is 4.74 Å². The predicted molar refractivity (Wildman–Crippen MR) is 44.7 cm³/mol. The molecule has 0 aliphatic carbocycles. The Morgan fingerprint density at radius 1 is 1.50 bits per heavy atom. The van der Waals surface area contributed by atoms with E-state index in [0.29, 0.717) is 5.88 Å². The van der Waals surface area contributed by atoms with Crippen LogP contribution in [-0.2, 0) is 0 Å². The first-order chi connectivity index (χ1) is 4.86.